The Kier molecular flexibility index (Phi) is 4.21. The Hall–Kier alpha value is -1.66. The molecule has 6 heteroatoms. The minimum atomic E-state index is -0.867. The molecule has 0 heterocycles. The van der Waals surface area contributed by atoms with Crippen LogP contribution in [0.25, 0.3) is 0 Å². The third-order valence-electron chi connectivity index (χ3n) is 2.00. The van der Waals surface area contributed by atoms with Gasteiger partial charge in [-0.05, 0) is 13.0 Å². The Morgan fingerprint density at radius 3 is 2.75 bits per heavy atom. The molecule has 0 saturated carbocycles. The number of aliphatic hydroxyl groups excluding tert-OH is 2. The van der Waals surface area contributed by atoms with E-state index in [1.54, 1.807) is 0 Å². The molecule has 0 aliphatic carbocycles. The van der Waals surface area contributed by atoms with Crippen LogP contribution in [0.3, 0.4) is 0 Å². The van der Waals surface area contributed by atoms with Crippen LogP contribution in [0.5, 0.6) is 5.75 Å². The number of nitrogens with zero attached hydrogens (tertiary/aromatic N) is 1. The molecule has 6 nitrogen and oxygen atoms in total. The molecule has 2 N–H and O–H groups in total. The molecule has 0 amide bonds. The van der Waals surface area contributed by atoms with Gasteiger partial charge in [0.15, 0.2) is 0 Å². The van der Waals surface area contributed by atoms with Crippen LogP contribution in [0, 0.1) is 10.1 Å². The van der Waals surface area contributed by atoms with Gasteiger partial charge in [-0.2, -0.15) is 0 Å². The van der Waals surface area contributed by atoms with E-state index in [4.69, 9.17) is 9.84 Å². The van der Waals surface area contributed by atoms with Crippen molar-refractivity contribution in [2.24, 2.45) is 0 Å². The summed E-state index contributed by atoms with van der Waals surface area (Å²) in [7, 11) is 0. The molecule has 16 heavy (non-hydrogen) atoms. The summed E-state index contributed by atoms with van der Waals surface area (Å²) in [6, 6.07) is 3.96. The molecule has 0 bridgehead atoms. The summed E-state index contributed by atoms with van der Waals surface area (Å²) in [6.07, 6.45) is -0.867. The van der Waals surface area contributed by atoms with Gasteiger partial charge in [-0.3, -0.25) is 10.1 Å². The standard InChI is InChI=1S/C10H13NO5/c1-7(13)9-6-8(11(14)15)2-3-10(9)16-5-4-12/h2-3,6-7,12-13H,4-5H2,1H3/t7-/m1/s1. The van der Waals surface area contributed by atoms with Crippen molar-refractivity contribution in [2.45, 2.75) is 13.0 Å². The smallest absolute Gasteiger partial charge is 0.270 e. The van der Waals surface area contributed by atoms with Crippen LogP contribution < -0.4 is 4.74 Å². The number of hydrogen-bond acceptors (Lipinski definition) is 5. The Labute approximate surface area is 92.2 Å². The molecule has 0 radical (unpaired) electrons. The zero-order chi connectivity index (χ0) is 12.1. The number of ether oxygens (including phenoxy) is 1. The number of nitro benzene ring substituents is 1. The fourth-order valence-electron chi connectivity index (χ4n) is 1.26. The average Bonchev–Trinajstić information content (AvgIpc) is 2.25. The number of aliphatic hydroxyl groups is 2. The minimum absolute atomic E-state index is 0.0809. The molecule has 0 fully saturated rings. The van der Waals surface area contributed by atoms with Crippen molar-refractivity contribution in [3.8, 4) is 5.75 Å². The third kappa shape index (κ3) is 2.91. The van der Waals surface area contributed by atoms with Crippen molar-refractivity contribution in [2.75, 3.05) is 13.2 Å². The van der Waals surface area contributed by atoms with Crippen molar-refractivity contribution in [3.63, 3.8) is 0 Å². The molecule has 1 atom stereocenters. The largest absolute Gasteiger partial charge is 0.491 e. The molecule has 0 unspecified atom stereocenters. The maximum absolute atomic E-state index is 10.5. The van der Waals surface area contributed by atoms with E-state index >= 15 is 0 Å². The van der Waals surface area contributed by atoms with Crippen LogP contribution in [-0.4, -0.2) is 28.4 Å². The van der Waals surface area contributed by atoms with E-state index in [0.29, 0.717) is 11.3 Å². The average molecular weight is 227 g/mol. The molecule has 0 spiro atoms. The van der Waals surface area contributed by atoms with E-state index in [1.165, 1.54) is 25.1 Å². The van der Waals surface area contributed by atoms with Gasteiger partial charge in [-0.15, -0.1) is 0 Å². The second-order valence-corrected chi connectivity index (χ2v) is 3.23. The van der Waals surface area contributed by atoms with Crippen LogP contribution in [-0.2, 0) is 0 Å². The lowest BCUT2D eigenvalue weighted by atomic mass is 10.1. The number of rotatable bonds is 5. The quantitative estimate of drug-likeness (QED) is 0.578. The van der Waals surface area contributed by atoms with Crippen molar-refractivity contribution < 1.29 is 19.9 Å². The molecule has 0 aromatic heterocycles. The van der Waals surface area contributed by atoms with Gasteiger partial charge in [0.2, 0.25) is 0 Å². The topological polar surface area (TPSA) is 92.8 Å². The van der Waals surface area contributed by atoms with Crippen molar-refractivity contribution in [3.05, 3.63) is 33.9 Å². The first-order valence-corrected chi connectivity index (χ1v) is 4.76. The number of nitro groups is 1. The number of non-ortho nitro benzene ring substituents is 1. The predicted molar refractivity (Wildman–Crippen MR) is 56.3 cm³/mol. The highest BCUT2D eigenvalue weighted by Gasteiger charge is 2.15. The van der Waals surface area contributed by atoms with E-state index in [-0.39, 0.29) is 18.9 Å². The summed E-state index contributed by atoms with van der Waals surface area (Å²) < 4.78 is 5.15. The zero-order valence-electron chi connectivity index (χ0n) is 8.79. The van der Waals surface area contributed by atoms with Crippen LogP contribution in [0.15, 0.2) is 18.2 Å². The van der Waals surface area contributed by atoms with Gasteiger partial charge in [-0.1, -0.05) is 0 Å². The van der Waals surface area contributed by atoms with Gasteiger partial charge in [0.25, 0.3) is 5.69 Å². The van der Waals surface area contributed by atoms with Crippen LogP contribution in [0.1, 0.15) is 18.6 Å². The molecule has 1 rings (SSSR count). The van der Waals surface area contributed by atoms with E-state index in [1.807, 2.05) is 0 Å². The molecule has 0 aliphatic heterocycles. The highest BCUT2D eigenvalue weighted by Crippen LogP contribution is 2.29. The number of hydrogen-bond donors (Lipinski definition) is 2. The Bertz CT molecular complexity index is 377. The summed E-state index contributed by atoms with van der Waals surface area (Å²) in [5, 5.41) is 28.6. The summed E-state index contributed by atoms with van der Waals surface area (Å²) in [5.41, 5.74) is 0.231. The Balaban J connectivity index is 3.04. The SMILES string of the molecule is C[C@@H](O)c1cc([N+](=O)[O-])ccc1OCCO. The van der Waals surface area contributed by atoms with E-state index in [0.717, 1.165) is 0 Å². The Morgan fingerprint density at radius 1 is 1.56 bits per heavy atom. The second-order valence-electron chi connectivity index (χ2n) is 3.23. The highest BCUT2D eigenvalue weighted by atomic mass is 16.6. The highest BCUT2D eigenvalue weighted by molar-refractivity contribution is 5.44. The second kappa shape index (κ2) is 5.43. The van der Waals surface area contributed by atoms with Gasteiger partial charge in [-0.25, -0.2) is 0 Å². The fourth-order valence-corrected chi connectivity index (χ4v) is 1.26. The molecular weight excluding hydrogens is 214 g/mol. The maximum Gasteiger partial charge on any atom is 0.270 e. The minimum Gasteiger partial charge on any atom is -0.491 e. The number of benzene rings is 1. The lowest BCUT2D eigenvalue weighted by molar-refractivity contribution is -0.385. The first-order valence-electron chi connectivity index (χ1n) is 4.76. The molecular formula is C10H13NO5. The molecule has 88 valence electrons. The van der Waals surface area contributed by atoms with Gasteiger partial charge in [0, 0.05) is 17.7 Å². The first-order chi connectivity index (χ1) is 7.56. The van der Waals surface area contributed by atoms with Crippen LogP contribution >= 0.6 is 0 Å². The maximum atomic E-state index is 10.5. The van der Waals surface area contributed by atoms with Crippen molar-refractivity contribution in [1.29, 1.82) is 0 Å². The third-order valence-corrected chi connectivity index (χ3v) is 2.00. The van der Waals surface area contributed by atoms with E-state index < -0.39 is 11.0 Å². The van der Waals surface area contributed by atoms with E-state index in [9.17, 15) is 15.2 Å². The Morgan fingerprint density at radius 2 is 2.25 bits per heavy atom. The van der Waals surface area contributed by atoms with Crippen LogP contribution in [0.4, 0.5) is 5.69 Å². The molecule has 1 aromatic rings. The van der Waals surface area contributed by atoms with Gasteiger partial charge < -0.3 is 14.9 Å². The zero-order valence-corrected chi connectivity index (χ0v) is 8.79. The summed E-state index contributed by atoms with van der Waals surface area (Å²) in [4.78, 5) is 10.0. The van der Waals surface area contributed by atoms with Crippen molar-refractivity contribution >= 4 is 5.69 Å². The predicted octanol–water partition coefficient (Wildman–Crippen LogP) is 1.02. The molecule has 0 saturated heterocycles. The van der Waals surface area contributed by atoms with Gasteiger partial charge >= 0.3 is 0 Å². The van der Waals surface area contributed by atoms with Crippen LogP contribution in [0.2, 0.25) is 0 Å². The van der Waals surface area contributed by atoms with Crippen molar-refractivity contribution in [1.82, 2.24) is 0 Å². The normalized spacial score (nSPS) is 12.2. The monoisotopic (exact) mass is 227 g/mol. The van der Waals surface area contributed by atoms with Gasteiger partial charge in [0.1, 0.15) is 12.4 Å². The molecule has 1 aromatic carbocycles. The van der Waals surface area contributed by atoms with E-state index in [2.05, 4.69) is 0 Å². The molecule has 0 aliphatic rings. The van der Waals surface area contributed by atoms with Gasteiger partial charge in [0.05, 0.1) is 17.6 Å². The first kappa shape index (κ1) is 12.4. The lowest BCUT2D eigenvalue weighted by Gasteiger charge is -2.12. The fraction of sp³-hybridized carbons (Fsp3) is 0.400. The summed E-state index contributed by atoms with van der Waals surface area (Å²) in [6.45, 7) is 1.42. The summed E-state index contributed by atoms with van der Waals surface area (Å²) in [5.74, 6) is 0.342. The summed E-state index contributed by atoms with van der Waals surface area (Å²) >= 11 is 0. The lowest BCUT2D eigenvalue weighted by Crippen LogP contribution is -2.05.